The van der Waals surface area contributed by atoms with Crippen LogP contribution in [-0.2, 0) is 0 Å². The third-order valence-corrected chi connectivity index (χ3v) is 5.81. The molecule has 0 amide bonds. The average molecular weight is 432 g/mol. The van der Waals surface area contributed by atoms with Crippen molar-refractivity contribution >= 4 is 23.2 Å². The van der Waals surface area contributed by atoms with Crippen molar-refractivity contribution in [2.45, 2.75) is 38.0 Å². The molecule has 1 aliphatic heterocycles. The van der Waals surface area contributed by atoms with Crippen LogP contribution in [0.1, 0.15) is 48.3 Å². The first-order valence-corrected chi connectivity index (χ1v) is 10.6. The van der Waals surface area contributed by atoms with E-state index < -0.39 is 12.2 Å². The zero-order valence-electron chi connectivity index (χ0n) is 18.1. The first-order valence-electron chi connectivity index (χ1n) is 10.6. The Morgan fingerprint density at radius 3 is 2.88 bits per heavy atom. The zero-order valence-corrected chi connectivity index (χ0v) is 18.1. The van der Waals surface area contributed by atoms with Crippen LogP contribution in [0.2, 0.25) is 0 Å². The van der Waals surface area contributed by atoms with Crippen molar-refractivity contribution in [1.82, 2.24) is 14.9 Å². The molecule has 2 heterocycles. The molecule has 32 heavy (non-hydrogen) atoms. The molecule has 2 aromatic carbocycles. The Bertz CT molecular complexity index is 1260. The summed E-state index contributed by atoms with van der Waals surface area (Å²) in [6.45, 7) is 5.40. The number of fused-ring (bicyclic) bond motifs is 3. The molecule has 0 fully saturated rings. The number of allylic oxidation sites excluding steroid dienone is 1. The van der Waals surface area contributed by atoms with Crippen molar-refractivity contribution in [3.63, 3.8) is 0 Å². The van der Waals surface area contributed by atoms with Gasteiger partial charge in [0.15, 0.2) is 0 Å². The molecule has 0 aliphatic carbocycles. The van der Waals surface area contributed by atoms with Gasteiger partial charge in [0.25, 0.3) is 0 Å². The van der Waals surface area contributed by atoms with Gasteiger partial charge in [-0.15, -0.1) is 0 Å². The Kier molecular flexibility index (Phi) is 6.13. The van der Waals surface area contributed by atoms with Crippen molar-refractivity contribution < 1.29 is 14.6 Å². The summed E-state index contributed by atoms with van der Waals surface area (Å²) in [6, 6.07) is 10.4. The molecule has 3 aromatic rings. The van der Waals surface area contributed by atoms with Crippen LogP contribution in [0.4, 0.5) is 4.39 Å². The molecule has 1 aromatic heterocycles. The van der Waals surface area contributed by atoms with Crippen LogP contribution in [0.15, 0.2) is 48.7 Å². The van der Waals surface area contributed by atoms with Gasteiger partial charge in [0.1, 0.15) is 11.6 Å². The Hall–Kier alpha value is -3.40. The molecular weight excluding hydrogens is 405 g/mol. The van der Waals surface area contributed by atoms with E-state index >= 15 is 4.39 Å². The number of aliphatic hydroxyl groups excluding tert-OH is 2. The van der Waals surface area contributed by atoms with Gasteiger partial charge in [-0.1, -0.05) is 36.6 Å². The first-order chi connectivity index (χ1) is 15.4. The normalized spacial score (nSPS) is 17.0. The van der Waals surface area contributed by atoms with E-state index in [0.717, 1.165) is 33.7 Å². The van der Waals surface area contributed by atoms with Crippen LogP contribution in [0.25, 0.3) is 23.2 Å². The molecular formula is C26H26FN3O2. The quantitative estimate of drug-likeness (QED) is 0.537. The third kappa shape index (κ3) is 4.05. The molecule has 5 nitrogen and oxygen atoms in total. The summed E-state index contributed by atoms with van der Waals surface area (Å²) in [6.07, 6.45) is 2.71. The van der Waals surface area contributed by atoms with Gasteiger partial charge in [0.05, 0.1) is 29.3 Å². The van der Waals surface area contributed by atoms with E-state index in [1.54, 1.807) is 12.1 Å². The highest BCUT2D eigenvalue weighted by Gasteiger charge is 2.28. The smallest absolute Gasteiger partial charge is 0.136 e. The van der Waals surface area contributed by atoms with Crippen LogP contribution in [-0.4, -0.2) is 39.0 Å². The SMILES string of the molecule is C=Cc1cccc(F)c1C1CC(NC)=Cc2nc3ccc(C#CCC(O)C(C)O)cc3n21. The third-order valence-electron chi connectivity index (χ3n) is 5.81. The molecule has 4 rings (SSSR count). The summed E-state index contributed by atoms with van der Waals surface area (Å²) < 4.78 is 17.1. The van der Waals surface area contributed by atoms with Crippen LogP contribution in [0, 0.1) is 17.7 Å². The number of halogens is 1. The number of nitrogens with zero attached hydrogens (tertiary/aromatic N) is 2. The maximum absolute atomic E-state index is 15.1. The highest BCUT2D eigenvalue weighted by Crippen LogP contribution is 2.38. The molecule has 6 heteroatoms. The predicted molar refractivity (Wildman–Crippen MR) is 125 cm³/mol. The number of hydrogen-bond acceptors (Lipinski definition) is 4. The first kappa shape index (κ1) is 21.8. The van der Waals surface area contributed by atoms with E-state index in [4.69, 9.17) is 4.98 Å². The van der Waals surface area contributed by atoms with Gasteiger partial charge in [-0.05, 0) is 36.8 Å². The molecule has 1 aliphatic rings. The summed E-state index contributed by atoms with van der Waals surface area (Å²) in [5, 5.41) is 22.4. The number of benzene rings is 2. The van der Waals surface area contributed by atoms with E-state index in [0.29, 0.717) is 12.0 Å². The van der Waals surface area contributed by atoms with Gasteiger partial charge in [-0.3, -0.25) is 0 Å². The molecule has 0 radical (unpaired) electrons. The Morgan fingerprint density at radius 2 is 2.16 bits per heavy atom. The van der Waals surface area contributed by atoms with E-state index in [1.807, 2.05) is 37.4 Å². The maximum Gasteiger partial charge on any atom is 0.136 e. The molecule has 164 valence electrons. The fourth-order valence-electron chi connectivity index (χ4n) is 4.05. The van der Waals surface area contributed by atoms with Crippen molar-refractivity contribution in [2.75, 3.05) is 7.05 Å². The van der Waals surface area contributed by atoms with Crippen molar-refractivity contribution in [1.29, 1.82) is 0 Å². The monoisotopic (exact) mass is 431 g/mol. The topological polar surface area (TPSA) is 70.3 Å². The van der Waals surface area contributed by atoms with Crippen molar-refractivity contribution in [3.05, 3.63) is 77.0 Å². The highest BCUT2D eigenvalue weighted by molar-refractivity contribution is 5.81. The van der Waals surface area contributed by atoms with Crippen LogP contribution < -0.4 is 5.32 Å². The summed E-state index contributed by atoms with van der Waals surface area (Å²) in [5.74, 6) is 6.44. The van der Waals surface area contributed by atoms with E-state index in [9.17, 15) is 10.2 Å². The predicted octanol–water partition coefficient (Wildman–Crippen LogP) is 3.86. The lowest BCUT2D eigenvalue weighted by Gasteiger charge is -2.28. The lowest BCUT2D eigenvalue weighted by Crippen LogP contribution is -2.23. The minimum atomic E-state index is -0.887. The number of hydrogen-bond donors (Lipinski definition) is 3. The second-order valence-electron chi connectivity index (χ2n) is 7.94. The molecule has 0 saturated heterocycles. The molecule has 3 unspecified atom stereocenters. The number of rotatable bonds is 5. The number of aliphatic hydroxyl groups is 2. The second kappa shape index (κ2) is 8.99. The second-order valence-corrected chi connectivity index (χ2v) is 7.94. The maximum atomic E-state index is 15.1. The molecule has 0 spiro atoms. The van der Waals surface area contributed by atoms with Crippen LogP contribution in [0.3, 0.4) is 0 Å². The van der Waals surface area contributed by atoms with Crippen molar-refractivity contribution in [3.8, 4) is 11.8 Å². The van der Waals surface area contributed by atoms with E-state index in [-0.39, 0.29) is 18.3 Å². The largest absolute Gasteiger partial charge is 0.391 e. The zero-order chi connectivity index (χ0) is 22.8. The average Bonchev–Trinajstić information content (AvgIpc) is 3.15. The number of imidazole rings is 1. The fourth-order valence-corrected chi connectivity index (χ4v) is 4.05. The van der Waals surface area contributed by atoms with Gasteiger partial charge in [-0.25, -0.2) is 9.37 Å². The van der Waals surface area contributed by atoms with Crippen LogP contribution in [0.5, 0.6) is 0 Å². The van der Waals surface area contributed by atoms with Gasteiger partial charge < -0.3 is 20.1 Å². The Morgan fingerprint density at radius 1 is 1.34 bits per heavy atom. The lowest BCUT2D eigenvalue weighted by atomic mass is 9.93. The number of nitrogens with one attached hydrogen (secondary N) is 1. The fraction of sp³-hybridized carbons (Fsp3) is 0.269. The van der Waals surface area contributed by atoms with Gasteiger partial charge in [-0.2, -0.15) is 0 Å². The Balaban J connectivity index is 1.84. The Labute approximate surface area is 186 Å². The molecule has 3 N–H and O–H groups in total. The molecule has 0 saturated carbocycles. The minimum absolute atomic E-state index is 0.176. The molecule has 0 bridgehead atoms. The van der Waals surface area contributed by atoms with E-state index in [1.165, 1.54) is 13.0 Å². The number of aromatic nitrogens is 2. The summed E-state index contributed by atoms with van der Waals surface area (Å²) in [7, 11) is 1.85. The minimum Gasteiger partial charge on any atom is -0.391 e. The summed E-state index contributed by atoms with van der Waals surface area (Å²) in [4.78, 5) is 4.76. The van der Waals surface area contributed by atoms with Crippen molar-refractivity contribution in [2.24, 2.45) is 0 Å². The molecule has 3 atom stereocenters. The highest BCUT2D eigenvalue weighted by atomic mass is 19.1. The van der Waals surface area contributed by atoms with Gasteiger partial charge in [0.2, 0.25) is 0 Å². The summed E-state index contributed by atoms with van der Waals surface area (Å²) >= 11 is 0. The van der Waals surface area contributed by atoms with E-state index in [2.05, 4.69) is 28.3 Å². The lowest BCUT2D eigenvalue weighted by molar-refractivity contribution is 0.0350. The van der Waals surface area contributed by atoms with Gasteiger partial charge in [0, 0.05) is 42.8 Å². The standard InChI is InChI=1S/C26H26FN3O2/c1-4-18-8-6-9-20(27)26(18)23-14-19(28-3)15-25-29-21-12-11-17(13-22(21)30(23)25)7-5-10-24(32)16(2)31/h4,6,8-9,11-13,15-16,23-24,28,31-32H,1,10,14H2,2-3H3. The van der Waals surface area contributed by atoms with Crippen LogP contribution >= 0.6 is 0 Å². The summed E-state index contributed by atoms with van der Waals surface area (Å²) in [5.41, 5.74) is 4.73. The van der Waals surface area contributed by atoms with Gasteiger partial charge >= 0.3 is 0 Å².